The van der Waals surface area contributed by atoms with E-state index in [9.17, 15) is 0 Å². The van der Waals surface area contributed by atoms with Crippen molar-refractivity contribution in [3.05, 3.63) is 0 Å². The first-order valence-corrected chi connectivity index (χ1v) is 7.94. The van der Waals surface area contributed by atoms with Crippen LogP contribution < -0.4 is 5.32 Å². The van der Waals surface area contributed by atoms with Gasteiger partial charge in [-0.05, 0) is 63.0 Å². The molecule has 3 saturated carbocycles. The predicted molar refractivity (Wildman–Crippen MR) is 67.3 cm³/mol. The maximum Gasteiger partial charge on any atom is 0.0126 e. The summed E-state index contributed by atoms with van der Waals surface area (Å²) in [6.45, 7) is 0. The van der Waals surface area contributed by atoms with Crippen LogP contribution in [0, 0.1) is 11.8 Å². The van der Waals surface area contributed by atoms with Gasteiger partial charge in [0.25, 0.3) is 0 Å². The minimum atomic E-state index is 0.855. The SMILES string of the molecule is CS[C@@H]1CC[C@H](NC(C2CC2)C2CC2)C1. The number of hydrogen-bond donors (Lipinski definition) is 1. The Labute approximate surface area is 97.8 Å². The van der Waals surface area contributed by atoms with E-state index in [4.69, 9.17) is 0 Å². The smallest absolute Gasteiger partial charge is 0.0126 e. The van der Waals surface area contributed by atoms with Gasteiger partial charge in [0.15, 0.2) is 0 Å². The van der Waals surface area contributed by atoms with Gasteiger partial charge in [-0.15, -0.1) is 0 Å². The highest BCUT2D eigenvalue weighted by atomic mass is 32.2. The van der Waals surface area contributed by atoms with Crippen LogP contribution in [0.2, 0.25) is 0 Å². The maximum absolute atomic E-state index is 3.99. The summed E-state index contributed by atoms with van der Waals surface area (Å²) in [6, 6.07) is 1.77. The van der Waals surface area contributed by atoms with Crippen LogP contribution in [0.25, 0.3) is 0 Å². The van der Waals surface area contributed by atoms with Crippen LogP contribution in [0.3, 0.4) is 0 Å². The molecule has 0 amide bonds. The van der Waals surface area contributed by atoms with Gasteiger partial charge in [-0.2, -0.15) is 11.8 Å². The van der Waals surface area contributed by atoms with Crippen molar-refractivity contribution in [2.45, 2.75) is 62.3 Å². The molecule has 3 rings (SSSR count). The van der Waals surface area contributed by atoms with E-state index in [1.54, 1.807) is 0 Å². The minimum Gasteiger partial charge on any atom is -0.311 e. The van der Waals surface area contributed by atoms with Crippen molar-refractivity contribution in [1.29, 1.82) is 0 Å². The lowest BCUT2D eigenvalue weighted by Gasteiger charge is -2.22. The molecule has 2 atom stereocenters. The molecule has 0 aromatic heterocycles. The van der Waals surface area contributed by atoms with Gasteiger partial charge in [-0.25, -0.2) is 0 Å². The monoisotopic (exact) mass is 225 g/mol. The standard InChI is InChI=1S/C13H23NS/c1-15-12-7-6-11(8-12)14-13(9-2-3-9)10-4-5-10/h9-14H,2-8H2,1H3/t11-,12+/m0/s1. The fraction of sp³-hybridized carbons (Fsp3) is 1.00. The summed E-state index contributed by atoms with van der Waals surface area (Å²) in [5.74, 6) is 2.12. The Bertz CT molecular complexity index is 211. The van der Waals surface area contributed by atoms with Crippen molar-refractivity contribution < 1.29 is 0 Å². The second kappa shape index (κ2) is 4.29. The fourth-order valence-electron chi connectivity index (χ4n) is 3.15. The third-order valence-corrected chi connectivity index (χ3v) is 5.50. The van der Waals surface area contributed by atoms with Crippen LogP contribution in [0.4, 0.5) is 0 Å². The molecule has 1 nitrogen and oxygen atoms in total. The number of rotatable bonds is 5. The van der Waals surface area contributed by atoms with E-state index in [1.165, 1.54) is 44.9 Å². The second-order valence-electron chi connectivity index (χ2n) is 5.73. The van der Waals surface area contributed by atoms with Gasteiger partial charge in [0.1, 0.15) is 0 Å². The minimum absolute atomic E-state index is 0.855. The maximum atomic E-state index is 3.99. The quantitative estimate of drug-likeness (QED) is 0.772. The molecule has 0 aromatic carbocycles. The molecule has 0 spiro atoms. The summed E-state index contributed by atoms with van der Waals surface area (Å²) < 4.78 is 0. The van der Waals surface area contributed by atoms with Crippen LogP contribution >= 0.6 is 11.8 Å². The lowest BCUT2D eigenvalue weighted by Crippen LogP contribution is -2.40. The second-order valence-corrected chi connectivity index (χ2v) is 6.87. The topological polar surface area (TPSA) is 12.0 Å². The molecule has 3 aliphatic rings. The van der Waals surface area contributed by atoms with Gasteiger partial charge in [-0.3, -0.25) is 0 Å². The Morgan fingerprint density at radius 3 is 2.13 bits per heavy atom. The van der Waals surface area contributed by atoms with Crippen molar-refractivity contribution >= 4 is 11.8 Å². The van der Waals surface area contributed by atoms with Crippen molar-refractivity contribution in [3.8, 4) is 0 Å². The van der Waals surface area contributed by atoms with Crippen molar-refractivity contribution in [2.75, 3.05) is 6.26 Å². The van der Waals surface area contributed by atoms with Crippen molar-refractivity contribution in [1.82, 2.24) is 5.32 Å². The van der Waals surface area contributed by atoms with E-state index >= 15 is 0 Å². The normalized spacial score (nSPS) is 36.4. The molecule has 0 aliphatic heterocycles. The summed E-state index contributed by atoms with van der Waals surface area (Å²) in [4.78, 5) is 0. The van der Waals surface area contributed by atoms with Gasteiger partial charge >= 0.3 is 0 Å². The van der Waals surface area contributed by atoms with Crippen LogP contribution in [-0.4, -0.2) is 23.6 Å². The highest BCUT2D eigenvalue weighted by molar-refractivity contribution is 7.99. The van der Waals surface area contributed by atoms with Crippen LogP contribution in [-0.2, 0) is 0 Å². The molecule has 0 unspecified atom stereocenters. The molecule has 2 heteroatoms. The molecular weight excluding hydrogens is 202 g/mol. The van der Waals surface area contributed by atoms with Crippen molar-refractivity contribution in [2.24, 2.45) is 11.8 Å². The fourth-order valence-corrected chi connectivity index (χ4v) is 3.94. The first-order valence-electron chi connectivity index (χ1n) is 6.65. The molecule has 0 bridgehead atoms. The van der Waals surface area contributed by atoms with Gasteiger partial charge in [-0.1, -0.05) is 0 Å². The summed E-state index contributed by atoms with van der Waals surface area (Å²) in [7, 11) is 0. The zero-order chi connectivity index (χ0) is 10.3. The highest BCUT2D eigenvalue weighted by Crippen LogP contribution is 2.45. The molecule has 0 aromatic rings. The average molecular weight is 225 g/mol. The number of nitrogens with one attached hydrogen (secondary N) is 1. The molecular formula is C13H23NS. The van der Waals surface area contributed by atoms with E-state index in [2.05, 4.69) is 23.3 Å². The Balaban J connectivity index is 1.50. The van der Waals surface area contributed by atoms with Crippen molar-refractivity contribution in [3.63, 3.8) is 0 Å². The molecule has 1 N–H and O–H groups in total. The summed E-state index contributed by atoms with van der Waals surface area (Å²) >= 11 is 2.07. The molecule has 15 heavy (non-hydrogen) atoms. The van der Waals surface area contributed by atoms with Gasteiger partial charge < -0.3 is 5.32 Å². The molecule has 0 radical (unpaired) electrons. The zero-order valence-corrected chi connectivity index (χ0v) is 10.6. The average Bonchev–Trinajstić information content (AvgIpc) is 3.14. The number of thioether (sulfide) groups is 1. The van der Waals surface area contributed by atoms with Gasteiger partial charge in [0.2, 0.25) is 0 Å². The van der Waals surface area contributed by atoms with Gasteiger partial charge in [0.05, 0.1) is 0 Å². The molecule has 3 fully saturated rings. The predicted octanol–water partition coefficient (Wildman–Crippen LogP) is 3.05. The molecule has 0 saturated heterocycles. The summed E-state index contributed by atoms with van der Waals surface area (Å²) in [5.41, 5.74) is 0. The van der Waals surface area contributed by atoms with Gasteiger partial charge in [0, 0.05) is 17.3 Å². The lowest BCUT2D eigenvalue weighted by atomic mass is 10.1. The molecule has 3 aliphatic carbocycles. The third kappa shape index (κ3) is 2.52. The molecule has 0 heterocycles. The summed E-state index contributed by atoms with van der Waals surface area (Å²) in [5, 5.41) is 4.94. The Kier molecular flexibility index (Phi) is 2.99. The van der Waals surface area contributed by atoms with E-state index in [1.807, 2.05) is 0 Å². The Morgan fingerprint density at radius 2 is 1.67 bits per heavy atom. The first kappa shape index (κ1) is 10.5. The van der Waals surface area contributed by atoms with Crippen LogP contribution in [0.15, 0.2) is 0 Å². The highest BCUT2D eigenvalue weighted by Gasteiger charge is 2.42. The number of hydrogen-bond acceptors (Lipinski definition) is 2. The van der Waals surface area contributed by atoms with E-state index < -0.39 is 0 Å². The van der Waals surface area contributed by atoms with E-state index in [0.29, 0.717) is 0 Å². The van der Waals surface area contributed by atoms with Crippen LogP contribution in [0.1, 0.15) is 44.9 Å². The van der Waals surface area contributed by atoms with E-state index in [0.717, 1.165) is 29.2 Å². The largest absolute Gasteiger partial charge is 0.311 e. The zero-order valence-electron chi connectivity index (χ0n) is 9.74. The van der Waals surface area contributed by atoms with E-state index in [-0.39, 0.29) is 0 Å². The Hall–Kier alpha value is 0.310. The third-order valence-electron chi connectivity index (χ3n) is 4.41. The van der Waals surface area contributed by atoms with Crippen LogP contribution in [0.5, 0.6) is 0 Å². The molecule has 86 valence electrons. The Morgan fingerprint density at radius 1 is 1.00 bits per heavy atom. The lowest BCUT2D eigenvalue weighted by molar-refractivity contribution is 0.363. The summed E-state index contributed by atoms with van der Waals surface area (Å²) in [6.07, 6.45) is 12.6. The first-order chi connectivity index (χ1) is 7.36.